The normalized spacial score (nSPS) is 21.3. The first-order valence-electron chi connectivity index (χ1n) is 6.87. The van der Waals surface area contributed by atoms with Crippen LogP contribution >= 0.6 is 0 Å². The van der Waals surface area contributed by atoms with Gasteiger partial charge >= 0.3 is 0 Å². The van der Waals surface area contributed by atoms with Crippen molar-refractivity contribution in [3.05, 3.63) is 23.8 Å². The number of hydrogen-bond donors (Lipinski definition) is 1. The van der Waals surface area contributed by atoms with Crippen molar-refractivity contribution in [2.45, 2.75) is 31.9 Å². The molecule has 0 radical (unpaired) electrons. The number of methoxy groups -OCH3 is 2. The molecule has 0 bridgehead atoms. The van der Waals surface area contributed by atoms with Crippen molar-refractivity contribution in [3.63, 3.8) is 0 Å². The Morgan fingerprint density at radius 1 is 1.37 bits per heavy atom. The van der Waals surface area contributed by atoms with E-state index in [4.69, 9.17) is 15.2 Å². The van der Waals surface area contributed by atoms with Gasteiger partial charge in [0.1, 0.15) is 5.75 Å². The lowest BCUT2D eigenvalue weighted by molar-refractivity contribution is 0.0893. The van der Waals surface area contributed by atoms with E-state index in [1.165, 1.54) is 5.69 Å². The van der Waals surface area contributed by atoms with Crippen molar-refractivity contribution < 1.29 is 9.47 Å². The summed E-state index contributed by atoms with van der Waals surface area (Å²) in [6.07, 6.45) is 2.58. The fourth-order valence-electron chi connectivity index (χ4n) is 2.79. The summed E-state index contributed by atoms with van der Waals surface area (Å²) in [5, 5.41) is 0. The highest BCUT2D eigenvalue weighted by atomic mass is 16.5. The quantitative estimate of drug-likeness (QED) is 0.906. The molecule has 1 heterocycles. The molecule has 4 nitrogen and oxygen atoms in total. The van der Waals surface area contributed by atoms with Gasteiger partial charge in [-0.15, -0.1) is 0 Å². The van der Waals surface area contributed by atoms with Gasteiger partial charge in [-0.2, -0.15) is 0 Å². The highest BCUT2D eigenvalue weighted by Crippen LogP contribution is 2.35. The summed E-state index contributed by atoms with van der Waals surface area (Å²) in [5.74, 6) is 0.868. The molecule has 1 fully saturated rings. The van der Waals surface area contributed by atoms with Crippen molar-refractivity contribution in [1.82, 2.24) is 0 Å². The van der Waals surface area contributed by atoms with Gasteiger partial charge in [-0.25, -0.2) is 0 Å². The predicted octanol–water partition coefficient (Wildman–Crippen LogP) is 2.33. The Bertz CT molecular complexity index is 421. The zero-order valence-corrected chi connectivity index (χ0v) is 12.1. The molecule has 0 spiro atoms. The fourth-order valence-corrected chi connectivity index (χ4v) is 2.79. The summed E-state index contributed by atoms with van der Waals surface area (Å²) in [4.78, 5) is 2.36. The molecule has 1 unspecified atom stereocenters. The largest absolute Gasteiger partial charge is 0.496 e. The van der Waals surface area contributed by atoms with Crippen molar-refractivity contribution in [2.75, 3.05) is 32.2 Å². The van der Waals surface area contributed by atoms with Crippen LogP contribution in [0.3, 0.4) is 0 Å². The molecule has 19 heavy (non-hydrogen) atoms. The van der Waals surface area contributed by atoms with Gasteiger partial charge in [0, 0.05) is 37.5 Å². The molecule has 0 aromatic heterocycles. The van der Waals surface area contributed by atoms with E-state index in [2.05, 4.69) is 11.0 Å². The lowest BCUT2D eigenvalue weighted by atomic mass is 10.0. The Hall–Kier alpha value is -1.26. The molecule has 2 rings (SSSR count). The minimum Gasteiger partial charge on any atom is -0.496 e. The van der Waals surface area contributed by atoms with Crippen molar-refractivity contribution in [1.29, 1.82) is 0 Å². The molecule has 2 atom stereocenters. The minimum absolute atomic E-state index is 0.0472. The number of benzene rings is 1. The zero-order valence-electron chi connectivity index (χ0n) is 12.1. The predicted molar refractivity (Wildman–Crippen MR) is 77.8 cm³/mol. The maximum Gasteiger partial charge on any atom is 0.125 e. The van der Waals surface area contributed by atoms with Crippen molar-refractivity contribution in [3.8, 4) is 5.75 Å². The Morgan fingerprint density at radius 2 is 2.16 bits per heavy atom. The number of piperidine rings is 1. The van der Waals surface area contributed by atoms with Crippen LogP contribution in [0.5, 0.6) is 5.75 Å². The Morgan fingerprint density at radius 3 is 2.79 bits per heavy atom. The van der Waals surface area contributed by atoms with Crippen molar-refractivity contribution in [2.24, 2.45) is 5.73 Å². The first kappa shape index (κ1) is 14.2. The molecule has 0 amide bonds. The van der Waals surface area contributed by atoms with Crippen LogP contribution < -0.4 is 15.4 Å². The molecule has 1 aliphatic heterocycles. The van der Waals surface area contributed by atoms with Crippen molar-refractivity contribution >= 4 is 5.69 Å². The third-order valence-corrected chi connectivity index (χ3v) is 3.77. The number of rotatable bonds is 4. The number of nitrogens with zero attached hydrogens (tertiary/aromatic N) is 1. The maximum atomic E-state index is 6.13. The van der Waals surface area contributed by atoms with Crippen LogP contribution in [0.25, 0.3) is 0 Å². The Labute approximate surface area is 115 Å². The second-order valence-corrected chi connectivity index (χ2v) is 5.13. The molecule has 0 saturated carbocycles. The van der Waals surface area contributed by atoms with Gasteiger partial charge in [0.25, 0.3) is 0 Å². The number of anilines is 1. The van der Waals surface area contributed by atoms with E-state index in [1.807, 2.05) is 19.1 Å². The minimum atomic E-state index is -0.0472. The van der Waals surface area contributed by atoms with Crippen LogP contribution in [0.15, 0.2) is 18.2 Å². The molecule has 106 valence electrons. The van der Waals surface area contributed by atoms with Crippen LogP contribution in [0.4, 0.5) is 5.69 Å². The summed E-state index contributed by atoms with van der Waals surface area (Å²) in [6, 6.07) is 6.07. The van der Waals surface area contributed by atoms with Crippen LogP contribution in [-0.4, -0.2) is 33.4 Å². The summed E-state index contributed by atoms with van der Waals surface area (Å²) in [6.45, 7) is 3.97. The van der Waals surface area contributed by atoms with E-state index in [-0.39, 0.29) is 6.04 Å². The molecule has 1 aliphatic rings. The Balaban J connectivity index is 2.33. The van der Waals surface area contributed by atoms with E-state index < -0.39 is 0 Å². The van der Waals surface area contributed by atoms with Crippen LogP contribution in [-0.2, 0) is 4.74 Å². The van der Waals surface area contributed by atoms with E-state index in [0.717, 1.165) is 37.2 Å². The molecular weight excluding hydrogens is 240 g/mol. The summed E-state index contributed by atoms with van der Waals surface area (Å²) in [7, 11) is 3.48. The average molecular weight is 264 g/mol. The van der Waals surface area contributed by atoms with E-state index >= 15 is 0 Å². The second kappa shape index (κ2) is 6.26. The van der Waals surface area contributed by atoms with Gasteiger partial charge in [-0.3, -0.25) is 0 Å². The molecular formula is C15H24N2O2. The molecule has 1 aromatic carbocycles. The third kappa shape index (κ3) is 3.01. The third-order valence-electron chi connectivity index (χ3n) is 3.77. The van der Waals surface area contributed by atoms with Crippen LogP contribution in [0, 0.1) is 0 Å². The number of nitrogens with two attached hydrogens (primary N) is 1. The van der Waals surface area contributed by atoms with E-state index in [0.29, 0.717) is 6.10 Å². The smallest absolute Gasteiger partial charge is 0.125 e. The maximum absolute atomic E-state index is 6.13. The summed E-state index contributed by atoms with van der Waals surface area (Å²) in [5.41, 5.74) is 8.39. The van der Waals surface area contributed by atoms with Gasteiger partial charge in [0.05, 0.1) is 13.2 Å². The number of ether oxygens (including phenoxy) is 2. The summed E-state index contributed by atoms with van der Waals surface area (Å²) >= 11 is 0. The standard InChI is InChI=1S/C15H24N2O2/c1-11(16)15-13(7-4-8-14(15)19-3)17-9-5-6-12(10-17)18-2/h4,7-8,11-12H,5-6,9-10,16H2,1-3H3/t11-,12?/m1/s1. The van der Waals surface area contributed by atoms with E-state index in [1.54, 1.807) is 14.2 Å². The highest BCUT2D eigenvalue weighted by Gasteiger charge is 2.23. The van der Waals surface area contributed by atoms with Crippen LogP contribution in [0.1, 0.15) is 31.4 Å². The fraction of sp³-hybridized carbons (Fsp3) is 0.600. The van der Waals surface area contributed by atoms with Gasteiger partial charge in [0.2, 0.25) is 0 Å². The lowest BCUT2D eigenvalue weighted by Crippen LogP contribution is -2.40. The van der Waals surface area contributed by atoms with Gasteiger partial charge in [0.15, 0.2) is 0 Å². The first-order chi connectivity index (χ1) is 9.17. The van der Waals surface area contributed by atoms with Gasteiger partial charge in [-0.05, 0) is 31.9 Å². The highest BCUT2D eigenvalue weighted by molar-refractivity contribution is 5.61. The molecule has 2 N–H and O–H groups in total. The zero-order chi connectivity index (χ0) is 13.8. The van der Waals surface area contributed by atoms with Gasteiger partial charge < -0.3 is 20.1 Å². The molecule has 1 aromatic rings. The molecule has 1 saturated heterocycles. The SMILES string of the molecule is COc1cccc(N2CCCC(OC)C2)c1[C@@H](C)N. The Kier molecular flexibility index (Phi) is 4.66. The average Bonchev–Trinajstić information content (AvgIpc) is 2.46. The lowest BCUT2D eigenvalue weighted by Gasteiger charge is -2.35. The molecule has 4 heteroatoms. The second-order valence-electron chi connectivity index (χ2n) is 5.13. The first-order valence-corrected chi connectivity index (χ1v) is 6.87. The van der Waals surface area contributed by atoms with Crippen LogP contribution in [0.2, 0.25) is 0 Å². The summed E-state index contributed by atoms with van der Waals surface area (Å²) < 4.78 is 10.9. The topological polar surface area (TPSA) is 47.7 Å². The monoisotopic (exact) mass is 264 g/mol. The van der Waals surface area contributed by atoms with E-state index in [9.17, 15) is 0 Å². The van der Waals surface area contributed by atoms with Gasteiger partial charge in [-0.1, -0.05) is 6.07 Å². The number of hydrogen-bond acceptors (Lipinski definition) is 4. The molecule has 0 aliphatic carbocycles.